The highest BCUT2D eigenvalue weighted by molar-refractivity contribution is 7.89. The van der Waals surface area contributed by atoms with E-state index >= 15 is 0 Å². The number of aryl methyl sites for hydroxylation is 1. The summed E-state index contributed by atoms with van der Waals surface area (Å²) < 4.78 is 34.0. The van der Waals surface area contributed by atoms with E-state index in [1.165, 1.54) is 29.6 Å². The predicted molar refractivity (Wildman–Crippen MR) is 124 cm³/mol. The first kappa shape index (κ1) is 24.3. The molecule has 1 saturated heterocycles. The first-order chi connectivity index (χ1) is 15.1. The van der Waals surface area contributed by atoms with E-state index in [-0.39, 0.29) is 23.9 Å². The number of hydrogen-bond acceptors (Lipinski definition) is 5. The molecule has 8 nitrogen and oxygen atoms in total. The van der Waals surface area contributed by atoms with Gasteiger partial charge in [-0.05, 0) is 43.2 Å². The highest BCUT2D eigenvalue weighted by Gasteiger charge is 2.29. The van der Waals surface area contributed by atoms with Gasteiger partial charge in [-0.15, -0.1) is 0 Å². The first-order valence-corrected chi connectivity index (χ1v) is 12.3. The van der Waals surface area contributed by atoms with Crippen LogP contribution in [-0.4, -0.2) is 66.6 Å². The fraction of sp³-hybridized carbons (Fsp3) is 0.455. The third-order valence-corrected chi connectivity index (χ3v) is 7.60. The molecule has 0 bridgehead atoms. The lowest BCUT2D eigenvalue weighted by Crippen LogP contribution is -2.50. The molecule has 2 heterocycles. The van der Waals surface area contributed by atoms with Crippen molar-refractivity contribution in [3.05, 3.63) is 46.8 Å². The minimum atomic E-state index is -3.62. The Balaban J connectivity index is 1.62. The number of halogens is 1. The number of nitrogens with zero attached hydrogens (tertiary/aromatic N) is 4. The van der Waals surface area contributed by atoms with Gasteiger partial charge in [0, 0.05) is 44.4 Å². The van der Waals surface area contributed by atoms with Crippen molar-refractivity contribution in [2.75, 3.05) is 33.3 Å². The van der Waals surface area contributed by atoms with E-state index in [0.717, 1.165) is 11.3 Å². The number of sulfonamides is 1. The number of piperazine rings is 1. The Morgan fingerprint density at radius 3 is 2.38 bits per heavy atom. The van der Waals surface area contributed by atoms with Crippen molar-refractivity contribution in [2.45, 2.75) is 32.2 Å². The van der Waals surface area contributed by atoms with Gasteiger partial charge in [0.1, 0.15) is 10.9 Å². The molecule has 1 aromatic carbocycles. The molecular formula is C22H29ClN4O4S. The van der Waals surface area contributed by atoms with Crippen LogP contribution in [0.5, 0.6) is 5.75 Å². The molecule has 0 radical (unpaired) electrons. The van der Waals surface area contributed by atoms with Gasteiger partial charge in [0.25, 0.3) is 0 Å². The lowest BCUT2D eigenvalue weighted by Gasteiger charge is -2.33. The molecule has 0 unspecified atom stereocenters. The molecule has 0 atom stereocenters. The Morgan fingerprint density at radius 1 is 1.19 bits per heavy atom. The van der Waals surface area contributed by atoms with Crippen molar-refractivity contribution in [2.24, 2.45) is 5.92 Å². The van der Waals surface area contributed by atoms with Crippen LogP contribution in [0.15, 0.2) is 35.2 Å². The molecule has 3 rings (SSSR count). The maximum absolute atomic E-state index is 12.9. The van der Waals surface area contributed by atoms with Crippen LogP contribution in [-0.2, 0) is 21.4 Å². The number of aromatic nitrogens is 2. The number of ether oxygens (including phenoxy) is 1. The fourth-order valence-corrected chi connectivity index (χ4v) is 5.26. The molecule has 10 heteroatoms. The van der Waals surface area contributed by atoms with Crippen molar-refractivity contribution in [1.82, 2.24) is 19.0 Å². The normalized spacial score (nSPS) is 15.6. The lowest BCUT2D eigenvalue weighted by molar-refractivity contribution is -0.127. The van der Waals surface area contributed by atoms with Crippen LogP contribution in [0.3, 0.4) is 0 Å². The molecule has 1 aromatic heterocycles. The monoisotopic (exact) mass is 480 g/mol. The summed E-state index contributed by atoms with van der Waals surface area (Å²) >= 11 is 6.43. The van der Waals surface area contributed by atoms with E-state index in [9.17, 15) is 13.2 Å². The van der Waals surface area contributed by atoms with E-state index in [1.807, 2.05) is 6.92 Å². The average Bonchev–Trinajstić information content (AvgIpc) is 3.03. The Bertz CT molecular complexity index is 1090. The predicted octanol–water partition coefficient (Wildman–Crippen LogP) is 3.06. The minimum absolute atomic E-state index is 0.182. The molecule has 2 aromatic rings. The second-order valence-corrected chi connectivity index (χ2v) is 10.4. The second-order valence-electron chi connectivity index (χ2n) is 8.10. The zero-order chi connectivity index (χ0) is 23.5. The van der Waals surface area contributed by atoms with Crippen molar-refractivity contribution in [3.63, 3.8) is 0 Å². The molecule has 1 fully saturated rings. The van der Waals surface area contributed by atoms with Gasteiger partial charge in [0.2, 0.25) is 15.9 Å². The summed E-state index contributed by atoms with van der Waals surface area (Å²) in [6.45, 7) is 7.83. The third kappa shape index (κ3) is 5.33. The average molecular weight is 481 g/mol. The molecule has 32 heavy (non-hydrogen) atoms. The van der Waals surface area contributed by atoms with Crippen molar-refractivity contribution < 1.29 is 17.9 Å². The summed E-state index contributed by atoms with van der Waals surface area (Å²) in [7, 11) is -2.09. The molecule has 174 valence electrons. The summed E-state index contributed by atoms with van der Waals surface area (Å²) in [6, 6.07) is 6.29. The van der Waals surface area contributed by atoms with E-state index in [2.05, 4.69) is 18.9 Å². The molecule has 1 amide bonds. The van der Waals surface area contributed by atoms with Gasteiger partial charge in [0.15, 0.2) is 0 Å². The number of benzene rings is 1. The van der Waals surface area contributed by atoms with Crippen LogP contribution in [0.4, 0.5) is 0 Å². The Labute approximate surface area is 194 Å². The number of methoxy groups -OCH3 is 1. The van der Waals surface area contributed by atoms with Gasteiger partial charge < -0.3 is 9.64 Å². The molecular weight excluding hydrogens is 452 g/mol. The molecule has 0 spiro atoms. The Kier molecular flexibility index (Phi) is 7.63. The maximum Gasteiger partial charge on any atom is 0.246 e. The molecule has 0 aliphatic carbocycles. The van der Waals surface area contributed by atoms with Crippen LogP contribution in [0.25, 0.3) is 6.08 Å². The smallest absolute Gasteiger partial charge is 0.246 e. The van der Waals surface area contributed by atoms with Crippen LogP contribution >= 0.6 is 11.6 Å². The standard InChI is InChI=1S/C22H29ClN4O4S/c1-16(2)15-27-22(23)20(17(3)24-27)9-10-21(28)25-11-13-26(14-12-25)32(29,30)19-7-5-18(31-4)6-8-19/h5-10,16H,11-15H2,1-4H3/b10-9+. The summed E-state index contributed by atoms with van der Waals surface area (Å²) in [5.41, 5.74) is 1.48. The van der Waals surface area contributed by atoms with Crippen molar-refractivity contribution in [3.8, 4) is 5.75 Å². The topological polar surface area (TPSA) is 84.7 Å². The summed E-state index contributed by atoms with van der Waals surface area (Å²) in [6.07, 6.45) is 3.16. The van der Waals surface area contributed by atoms with Crippen LogP contribution in [0, 0.1) is 12.8 Å². The van der Waals surface area contributed by atoms with Gasteiger partial charge in [0.05, 0.1) is 17.7 Å². The second kappa shape index (κ2) is 10.1. The molecule has 1 aliphatic rings. The van der Waals surface area contributed by atoms with Gasteiger partial charge in [-0.3, -0.25) is 9.48 Å². The summed E-state index contributed by atoms with van der Waals surface area (Å²) in [5.74, 6) is 0.811. The van der Waals surface area contributed by atoms with Crippen molar-refractivity contribution >= 4 is 33.6 Å². The van der Waals surface area contributed by atoms with E-state index in [1.54, 1.807) is 27.8 Å². The van der Waals surface area contributed by atoms with Crippen LogP contribution < -0.4 is 4.74 Å². The van der Waals surface area contributed by atoms with Gasteiger partial charge in [-0.2, -0.15) is 9.40 Å². The number of rotatable bonds is 7. The molecule has 0 N–H and O–H groups in total. The van der Waals surface area contributed by atoms with E-state index in [4.69, 9.17) is 16.3 Å². The maximum atomic E-state index is 12.9. The minimum Gasteiger partial charge on any atom is -0.497 e. The number of hydrogen-bond donors (Lipinski definition) is 0. The van der Waals surface area contributed by atoms with Crippen molar-refractivity contribution in [1.29, 1.82) is 0 Å². The summed E-state index contributed by atoms with van der Waals surface area (Å²) in [4.78, 5) is 14.5. The quantitative estimate of drug-likeness (QED) is 0.568. The highest BCUT2D eigenvalue weighted by Crippen LogP contribution is 2.23. The van der Waals surface area contributed by atoms with Gasteiger partial charge >= 0.3 is 0 Å². The van der Waals surface area contributed by atoms with Crippen LogP contribution in [0.1, 0.15) is 25.1 Å². The molecule has 0 saturated carbocycles. The number of carbonyl (C=O) groups excluding carboxylic acids is 1. The van der Waals surface area contributed by atoms with Crippen LogP contribution in [0.2, 0.25) is 5.15 Å². The SMILES string of the molecule is COc1ccc(S(=O)(=O)N2CCN(C(=O)/C=C/c3c(C)nn(CC(C)C)c3Cl)CC2)cc1. The largest absolute Gasteiger partial charge is 0.497 e. The highest BCUT2D eigenvalue weighted by atomic mass is 35.5. The lowest BCUT2D eigenvalue weighted by atomic mass is 10.2. The number of amides is 1. The van der Waals surface area contributed by atoms with Gasteiger partial charge in [-0.1, -0.05) is 25.4 Å². The Morgan fingerprint density at radius 2 is 1.81 bits per heavy atom. The fourth-order valence-electron chi connectivity index (χ4n) is 3.53. The Hall–Kier alpha value is -2.36. The summed E-state index contributed by atoms with van der Waals surface area (Å²) in [5, 5.41) is 4.95. The zero-order valence-electron chi connectivity index (χ0n) is 18.8. The number of carbonyl (C=O) groups is 1. The van der Waals surface area contributed by atoms with E-state index in [0.29, 0.717) is 36.5 Å². The first-order valence-electron chi connectivity index (χ1n) is 10.5. The third-order valence-electron chi connectivity index (χ3n) is 5.29. The zero-order valence-corrected chi connectivity index (χ0v) is 20.4. The van der Waals surface area contributed by atoms with Gasteiger partial charge in [-0.25, -0.2) is 8.42 Å². The molecule has 1 aliphatic heterocycles. The van der Waals surface area contributed by atoms with E-state index < -0.39 is 10.0 Å².